The van der Waals surface area contributed by atoms with Gasteiger partial charge in [-0.1, -0.05) is 6.58 Å². The molecule has 2 rings (SSSR count). The Hall–Kier alpha value is -1.80. The molecule has 118 valence electrons. The molecule has 1 amide bonds. The summed E-state index contributed by atoms with van der Waals surface area (Å²) in [6.45, 7) is 3.63. The molecule has 1 aromatic carbocycles. The molecular weight excluding hydrogens is 372 g/mol. The first-order valence-electron chi connectivity index (χ1n) is 6.25. The molecule has 0 saturated heterocycles. The molecule has 0 spiro atoms. The highest BCUT2D eigenvalue weighted by Crippen LogP contribution is 2.36. The van der Waals surface area contributed by atoms with Crippen LogP contribution in [0.25, 0.3) is 17.0 Å². The molecule has 6 nitrogen and oxygen atoms in total. The van der Waals surface area contributed by atoms with Crippen molar-refractivity contribution in [1.82, 2.24) is 5.32 Å². The zero-order chi connectivity index (χ0) is 16.7. The lowest BCUT2D eigenvalue weighted by Crippen LogP contribution is -2.25. The maximum Gasteiger partial charge on any atom is 0.255 e. The number of fused-ring (bicyclic) bond motifs is 1. The first-order chi connectivity index (χ1) is 10.2. The highest BCUT2D eigenvalue weighted by Gasteiger charge is 2.22. The fourth-order valence-corrected chi connectivity index (χ4v) is 3.28. The molecule has 22 heavy (non-hydrogen) atoms. The number of rotatable bonds is 4. The van der Waals surface area contributed by atoms with Gasteiger partial charge in [0.25, 0.3) is 5.91 Å². The topological polar surface area (TPSA) is 79.6 Å². The van der Waals surface area contributed by atoms with Crippen molar-refractivity contribution in [3.05, 3.63) is 34.5 Å². The minimum atomic E-state index is -3.41. The molecule has 0 bridgehead atoms. The van der Waals surface area contributed by atoms with Crippen molar-refractivity contribution < 1.29 is 17.6 Å². The molecule has 0 unspecified atom stereocenters. The minimum absolute atomic E-state index is 0.301. The van der Waals surface area contributed by atoms with Gasteiger partial charge in [-0.2, -0.15) is 0 Å². The minimum Gasteiger partial charge on any atom is -0.456 e. The first kappa shape index (κ1) is 16.6. The summed E-state index contributed by atoms with van der Waals surface area (Å²) in [6, 6.07) is 3.23. The number of hydrogen-bond donors (Lipinski definition) is 1. The largest absolute Gasteiger partial charge is 0.456 e. The normalized spacial score (nSPS) is 11.5. The van der Waals surface area contributed by atoms with Crippen molar-refractivity contribution >= 4 is 54.6 Å². The third kappa shape index (κ3) is 2.76. The van der Waals surface area contributed by atoms with Gasteiger partial charge in [0.15, 0.2) is 0 Å². The van der Waals surface area contributed by atoms with Crippen molar-refractivity contribution in [2.45, 2.75) is 0 Å². The number of carbonyl (C=O) groups excluding carboxylic acids is 1. The van der Waals surface area contributed by atoms with Crippen LogP contribution in [0.4, 0.5) is 5.69 Å². The monoisotopic (exact) mass is 386 g/mol. The van der Waals surface area contributed by atoms with Crippen molar-refractivity contribution in [3.63, 3.8) is 0 Å². The van der Waals surface area contributed by atoms with E-state index < -0.39 is 10.0 Å². The van der Waals surface area contributed by atoms with Gasteiger partial charge >= 0.3 is 0 Å². The third-order valence-electron chi connectivity index (χ3n) is 3.26. The lowest BCUT2D eigenvalue weighted by Gasteiger charge is -2.18. The van der Waals surface area contributed by atoms with Gasteiger partial charge in [-0.3, -0.25) is 9.10 Å². The van der Waals surface area contributed by atoms with Gasteiger partial charge in [-0.25, -0.2) is 8.42 Å². The summed E-state index contributed by atoms with van der Waals surface area (Å²) < 4.78 is 30.7. The molecule has 0 radical (unpaired) electrons. The van der Waals surface area contributed by atoms with E-state index in [-0.39, 0.29) is 5.91 Å². The summed E-state index contributed by atoms with van der Waals surface area (Å²) >= 11 is 3.34. The van der Waals surface area contributed by atoms with Gasteiger partial charge in [0.1, 0.15) is 11.3 Å². The molecule has 1 N–H and O–H groups in total. The van der Waals surface area contributed by atoms with Gasteiger partial charge in [0, 0.05) is 30.0 Å². The summed E-state index contributed by atoms with van der Waals surface area (Å²) in [6.07, 6.45) is 2.55. The van der Waals surface area contributed by atoms with E-state index in [1.807, 2.05) is 0 Å². The molecule has 0 fully saturated rings. The maximum absolute atomic E-state index is 12.0. The van der Waals surface area contributed by atoms with Crippen LogP contribution in [0.3, 0.4) is 0 Å². The number of carbonyl (C=O) groups is 1. The van der Waals surface area contributed by atoms with E-state index in [1.165, 1.54) is 20.2 Å². The lowest BCUT2D eigenvalue weighted by molar-refractivity contribution is 0.0963. The van der Waals surface area contributed by atoms with E-state index in [0.717, 1.165) is 10.6 Å². The van der Waals surface area contributed by atoms with Crippen LogP contribution < -0.4 is 9.62 Å². The summed E-state index contributed by atoms with van der Waals surface area (Å²) in [7, 11) is -0.449. The first-order valence-corrected chi connectivity index (χ1v) is 8.89. The second kappa shape index (κ2) is 5.77. The Morgan fingerprint density at radius 3 is 2.59 bits per heavy atom. The molecule has 0 aliphatic carbocycles. The molecule has 0 aliphatic rings. The summed E-state index contributed by atoms with van der Waals surface area (Å²) in [5, 5.41) is 3.12. The number of anilines is 1. The number of nitrogens with zero attached hydrogens (tertiary/aromatic N) is 1. The number of amides is 1. The van der Waals surface area contributed by atoms with E-state index in [2.05, 4.69) is 27.8 Å². The Balaban J connectivity index is 2.77. The number of halogens is 1. The van der Waals surface area contributed by atoms with E-state index in [4.69, 9.17) is 4.42 Å². The molecule has 2 aromatic rings. The van der Waals surface area contributed by atoms with Gasteiger partial charge in [-0.05, 0) is 28.1 Å². The molecular formula is C14H15BrN2O4S. The molecule has 1 aromatic heterocycles. The number of furan rings is 1. The predicted octanol–water partition coefficient (Wildman–Crippen LogP) is 2.59. The zero-order valence-electron chi connectivity index (χ0n) is 12.3. The highest BCUT2D eigenvalue weighted by molar-refractivity contribution is 9.10. The number of hydrogen-bond acceptors (Lipinski definition) is 4. The number of benzene rings is 1. The second-order valence-corrected chi connectivity index (χ2v) is 7.52. The van der Waals surface area contributed by atoms with E-state index in [9.17, 15) is 13.2 Å². The summed E-state index contributed by atoms with van der Waals surface area (Å²) in [5.41, 5.74) is 1.19. The van der Waals surface area contributed by atoms with E-state index in [1.54, 1.807) is 12.1 Å². The lowest BCUT2D eigenvalue weighted by atomic mass is 10.1. The third-order valence-corrected chi connectivity index (χ3v) is 5.09. The Morgan fingerprint density at radius 2 is 2.09 bits per heavy atom. The average molecular weight is 387 g/mol. The van der Waals surface area contributed by atoms with Crippen LogP contribution in [0.1, 0.15) is 16.1 Å². The van der Waals surface area contributed by atoms with Crippen LogP contribution in [-0.4, -0.2) is 34.7 Å². The van der Waals surface area contributed by atoms with Crippen LogP contribution in [0, 0.1) is 0 Å². The fraction of sp³-hybridized carbons (Fsp3) is 0.214. The van der Waals surface area contributed by atoms with Gasteiger partial charge in [-0.15, -0.1) is 0 Å². The molecule has 0 saturated carbocycles. The Bertz CT molecular complexity index is 871. The SMILES string of the molecule is C=Cc1oc2cc(N(C)S(C)(=O)=O)c(Br)cc2c1C(=O)NC. The van der Waals surface area contributed by atoms with Crippen molar-refractivity contribution in [2.24, 2.45) is 0 Å². The van der Waals surface area contributed by atoms with Gasteiger partial charge in [0.05, 0.1) is 17.5 Å². The summed E-state index contributed by atoms with van der Waals surface area (Å²) in [4.78, 5) is 12.0. The highest BCUT2D eigenvalue weighted by atomic mass is 79.9. The van der Waals surface area contributed by atoms with Gasteiger partial charge in [0.2, 0.25) is 10.0 Å². The fourth-order valence-electron chi connectivity index (χ4n) is 2.05. The molecule has 8 heteroatoms. The van der Waals surface area contributed by atoms with Crippen LogP contribution in [0.15, 0.2) is 27.6 Å². The maximum atomic E-state index is 12.0. The average Bonchev–Trinajstić information content (AvgIpc) is 2.81. The zero-order valence-corrected chi connectivity index (χ0v) is 14.7. The Kier molecular flexibility index (Phi) is 4.35. The predicted molar refractivity (Wildman–Crippen MR) is 90.6 cm³/mol. The Morgan fingerprint density at radius 1 is 1.45 bits per heavy atom. The molecule has 0 aliphatic heterocycles. The van der Waals surface area contributed by atoms with Crippen molar-refractivity contribution in [2.75, 3.05) is 24.7 Å². The second-order valence-electron chi connectivity index (χ2n) is 4.65. The summed E-state index contributed by atoms with van der Waals surface area (Å²) in [5.74, 6) is 0.0326. The quantitative estimate of drug-likeness (QED) is 0.875. The van der Waals surface area contributed by atoms with Gasteiger partial charge < -0.3 is 9.73 Å². The molecule has 1 heterocycles. The molecule has 0 atom stereocenters. The van der Waals surface area contributed by atoms with Crippen LogP contribution in [-0.2, 0) is 10.0 Å². The number of sulfonamides is 1. The van der Waals surface area contributed by atoms with E-state index in [0.29, 0.717) is 32.5 Å². The van der Waals surface area contributed by atoms with Crippen molar-refractivity contribution in [1.29, 1.82) is 0 Å². The standard InChI is InChI=1S/C14H15BrN2O4S/c1-5-11-13(14(18)16-2)8-6-9(15)10(7-12(8)21-11)17(3)22(4,19)20/h5-7H,1H2,2-4H3,(H,16,18). The number of nitrogens with one attached hydrogen (secondary N) is 1. The van der Waals surface area contributed by atoms with E-state index >= 15 is 0 Å². The van der Waals surface area contributed by atoms with Crippen LogP contribution >= 0.6 is 15.9 Å². The van der Waals surface area contributed by atoms with Crippen LogP contribution in [0.2, 0.25) is 0 Å². The Labute approximate surface area is 137 Å². The van der Waals surface area contributed by atoms with Crippen molar-refractivity contribution in [3.8, 4) is 0 Å². The van der Waals surface area contributed by atoms with Crippen LogP contribution in [0.5, 0.6) is 0 Å². The smallest absolute Gasteiger partial charge is 0.255 e.